The van der Waals surface area contributed by atoms with E-state index < -0.39 is 24.0 Å². The van der Waals surface area contributed by atoms with Gasteiger partial charge in [0, 0.05) is 0 Å². The van der Waals surface area contributed by atoms with Crippen molar-refractivity contribution in [1.82, 2.24) is 5.32 Å². The van der Waals surface area contributed by atoms with E-state index in [1.807, 2.05) is 0 Å². The predicted octanol–water partition coefficient (Wildman–Crippen LogP) is -0.469. The fourth-order valence-electron chi connectivity index (χ4n) is 1.15. The zero-order chi connectivity index (χ0) is 9.84. The number of carboxylic acid groups (broad SMARTS) is 1. The SMILES string of the molecule is COC(=O)C1CC=CC(C(=O)O)N1. The Morgan fingerprint density at radius 1 is 1.62 bits per heavy atom. The van der Waals surface area contributed by atoms with Crippen LogP contribution in [0.5, 0.6) is 0 Å². The first-order valence-corrected chi connectivity index (χ1v) is 3.88. The van der Waals surface area contributed by atoms with Gasteiger partial charge >= 0.3 is 11.9 Å². The molecule has 13 heavy (non-hydrogen) atoms. The minimum absolute atomic E-state index is 0.435. The number of aliphatic carboxylic acids is 1. The summed E-state index contributed by atoms with van der Waals surface area (Å²) < 4.78 is 4.49. The minimum atomic E-state index is -0.996. The monoisotopic (exact) mass is 185 g/mol. The van der Waals surface area contributed by atoms with Crippen LogP contribution < -0.4 is 5.32 Å². The van der Waals surface area contributed by atoms with Gasteiger partial charge in [0.15, 0.2) is 0 Å². The van der Waals surface area contributed by atoms with Crippen molar-refractivity contribution in [1.29, 1.82) is 0 Å². The molecule has 5 heteroatoms. The third-order valence-corrected chi connectivity index (χ3v) is 1.83. The van der Waals surface area contributed by atoms with Crippen LogP contribution in [0, 0.1) is 0 Å². The number of nitrogens with one attached hydrogen (secondary N) is 1. The third-order valence-electron chi connectivity index (χ3n) is 1.83. The molecular weight excluding hydrogens is 174 g/mol. The number of carboxylic acids is 1. The van der Waals surface area contributed by atoms with E-state index in [-0.39, 0.29) is 0 Å². The van der Waals surface area contributed by atoms with Crippen LogP contribution in [0.3, 0.4) is 0 Å². The normalized spacial score (nSPS) is 26.8. The molecule has 2 N–H and O–H groups in total. The molecule has 0 aromatic carbocycles. The number of hydrogen-bond donors (Lipinski definition) is 2. The van der Waals surface area contributed by atoms with Crippen molar-refractivity contribution in [3.05, 3.63) is 12.2 Å². The summed E-state index contributed by atoms with van der Waals surface area (Å²) in [6, 6.07) is -1.34. The first kappa shape index (κ1) is 9.73. The Bertz CT molecular complexity index is 249. The summed E-state index contributed by atoms with van der Waals surface area (Å²) in [4.78, 5) is 21.6. The smallest absolute Gasteiger partial charge is 0.324 e. The van der Waals surface area contributed by atoms with Gasteiger partial charge < -0.3 is 9.84 Å². The van der Waals surface area contributed by atoms with Crippen molar-refractivity contribution in [3.8, 4) is 0 Å². The Balaban J connectivity index is 2.60. The van der Waals surface area contributed by atoms with Crippen molar-refractivity contribution in [2.45, 2.75) is 18.5 Å². The Kier molecular flexibility index (Phi) is 3.02. The highest BCUT2D eigenvalue weighted by atomic mass is 16.5. The Morgan fingerprint density at radius 2 is 2.31 bits per heavy atom. The standard InChI is InChI=1S/C8H11NO4/c1-13-8(12)6-4-2-3-5(9-6)7(10)11/h2-3,5-6,9H,4H2,1H3,(H,10,11). The number of ether oxygens (including phenoxy) is 1. The number of carbonyl (C=O) groups excluding carboxylic acids is 1. The Morgan fingerprint density at radius 3 is 2.85 bits per heavy atom. The van der Waals surface area contributed by atoms with Crippen molar-refractivity contribution >= 4 is 11.9 Å². The molecule has 1 aliphatic heterocycles. The summed E-state index contributed by atoms with van der Waals surface area (Å²) in [6.45, 7) is 0. The Labute approximate surface area is 75.4 Å². The summed E-state index contributed by atoms with van der Waals surface area (Å²) in [6.07, 6.45) is 3.65. The molecule has 0 saturated carbocycles. The summed E-state index contributed by atoms with van der Waals surface area (Å²) >= 11 is 0. The minimum Gasteiger partial charge on any atom is -0.480 e. The molecule has 0 radical (unpaired) electrons. The molecule has 0 amide bonds. The van der Waals surface area contributed by atoms with Gasteiger partial charge in [-0.05, 0) is 6.42 Å². The molecule has 1 aliphatic rings. The van der Waals surface area contributed by atoms with Gasteiger partial charge in [-0.15, -0.1) is 0 Å². The molecule has 0 fully saturated rings. The Hall–Kier alpha value is -1.36. The molecule has 0 saturated heterocycles. The highest BCUT2D eigenvalue weighted by Gasteiger charge is 2.27. The van der Waals surface area contributed by atoms with Gasteiger partial charge in [-0.25, -0.2) is 0 Å². The maximum absolute atomic E-state index is 11.0. The van der Waals surface area contributed by atoms with Gasteiger partial charge in [0.25, 0.3) is 0 Å². The fourth-order valence-corrected chi connectivity index (χ4v) is 1.15. The van der Waals surface area contributed by atoms with Gasteiger partial charge in [0.1, 0.15) is 12.1 Å². The van der Waals surface area contributed by atoms with E-state index in [4.69, 9.17) is 5.11 Å². The van der Waals surface area contributed by atoms with Crippen LogP contribution in [-0.4, -0.2) is 36.2 Å². The van der Waals surface area contributed by atoms with Crippen LogP contribution in [0.25, 0.3) is 0 Å². The molecule has 0 aromatic heterocycles. The summed E-state index contributed by atoms with van der Waals surface area (Å²) in [5.41, 5.74) is 0. The topological polar surface area (TPSA) is 75.6 Å². The highest BCUT2D eigenvalue weighted by Crippen LogP contribution is 2.06. The molecular formula is C8H11NO4. The van der Waals surface area contributed by atoms with Crippen molar-refractivity contribution in [3.63, 3.8) is 0 Å². The summed E-state index contributed by atoms with van der Waals surface area (Å²) in [5.74, 6) is -1.43. The molecule has 5 nitrogen and oxygen atoms in total. The fraction of sp³-hybridized carbons (Fsp3) is 0.500. The number of methoxy groups -OCH3 is 1. The number of hydrogen-bond acceptors (Lipinski definition) is 4. The molecule has 0 spiro atoms. The van der Waals surface area contributed by atoms with Crippen LogP contribution in [0.1, 0.15) is 6.42 Å². The van der Waals surface area contributed by atoms with E-state index in [0.717, 1.165) is 0 Å². The second-order valence-corrected chi connectivity index (χ2v) is 2.72. The zero-order valence-corrected chi connectivity index (χ0v) is 7.19. The first-order chi connectivity index (χ1) is 6.15. The predicted molar refractivity (Wildman–Crippen MR) is 44.1 cm³/mol. The van der Waals surface area contributed by atoms with Crippen LogP contribution in [0.2, 0.25) is 0 Å². The van der Waals surface area contributed by atoms with Gasteiger partial charge in [-0.3, -0.25) is 14.9 Å². The lowest BCUT2D eigenvalue weighted by atomic mass is 10.1. The van der Waals surface area contributed by atoms with E-state index in [9.17, 15) is 9.59 Å². The van der Waals surface area contributed by atoms with Gasteiger partial charge in [-0.2, -0.15) is 0 Å². The van der Waals surface area contributed by atoms with Crippen LogP contribution in [0.15, 0.2) is 12.2 Å². The second kappa shape index (κ2) is 4.04. The van der Waals surface area contributed by atoms with Gasteiger partial charge in [0.2, 0.25) is 0 Å². The lowest BCUT2D eigenvalue weighted by Crippen LogP contribution is -2.48. The molecule has 1 rings (SSSR count). The number of rotatable bonds is 2. The lowest BCUT2D eigenvalue weighted by Gasteiger charge is -2.21. The van der Waals surface area contributed by atoms with Crippen molar-refractivity contribution in [2.75, 3.05) is 7.11 Å². The van der Waals surface area contributed by atoms with Gasteiger partial charge in [0.05, 0.1) is 7.11 Å². The van der Waals surface area contributed by atoms with E-state index in [1.54, 1.807) is 6.08 Å². The largest absolute Gasteiger partial charge is 0.480 e. The molecule has 2 atom stereocenters. The quantitative estimate of drug-likeness (QED) is 0.449. The zero-order valence-electron chi connectivity index (χ0n) is 7.19. The van der Waals surface area contributed by atoms with Crippen molar-refractivity contribution in [2.24, 2.45) is 0 Å². The molecule has 2 unspecified atom stereocenters. The summed E-state index contributed by atoms with van der Waals surface area (Å²) in [7, 11) is 1.28. The molecule has 72 valence electrons. The average Bonchev–Trinajstić information content (AvgIpc) is 2.17. The maximum atomic E-state index is 11.0. The van der Waals surface area contributed by atoms with E-state index in [2.05, 4.69) is 10.1 Å². The highest BCUT2D eigenvalue weighted by molar-refractivity contribution is 5.80. The first-order valence-electron chi connectivity index (χ1n) is 3.88. The van der Waals surface area contributed by atoms with Crippen LogP contribution >= 0.6 is 0 Å². The number of carbonyl (C=O) groups is 2. The molecule has 0 aromatic rings. The maximum Gasteiger partial charge on any atom is 0.324 e. The van der Waals surface area contributed by atoms with Crippen molar-refractivity contribution < 1.29 is 19.4 Å². The van der Waals surface area contributed by atoms with E-state index in [1.165, 1.54) is 13.2 Å². The molecule has 0 aliphatic carbocycles. The summed E-state index contributed by atoms with van der Waals surface area (Å²) in [5, 5.41) is 11.3. The molecule has 0 bridgehead atoms. The lowest BCUT2D eigenvalue weighted by molar-refractivity contribution is -0.144. The average molecular weight is 185 g/mol. The van der Waals surface area contributed by atoms with E-state index >= 15 is 0 Å². The third kappa shape index (κ3) is 2.29. The van der Waals surface area contributed by atoms with E-state index in [0.29, 0.717) is 6.42 Å². The second-order valence-electron chi connectivity index (χ2n) is 2.72. The van der Waals surface area contributed by atoms with Crippen LogP contribution in [-0.2, 0) is 14.3 Å². The van der Waals surface area contributed by atoms with Crippen LogP contribution in [0.4, 0.5) is 0 Å². The molecule has 1 heterocycles. The number of esters is 1. The van der Waals surface area contributed by atoms with Gasteiger partial charge in [-0.1, -0.05) is 12.2 Å².